The largest absolute Gasteiger partial charge is 0.264 e. The van der Waals surface area contributed by atoms with E-state index in [-0.39, 0.29) is 0 Å². The molecule has 226 valence electrons. The predicted molar refractivity (Wildman–Crippen MR) is 191 cm³/mol. The van der Waals surface area contributed by atoms with Crippen LogP contribution in [0.4, 0.5) is 0 Å². The number of pyridine rings is 6. The summed E-state index contributed by atoms with van der Waals surface area (Å²) in [4.78, 5) is 27.2. The Morgan fingerprint density at radius 2 is 0.521 bits per heavy atom. The quantitative estimate of drug-likeness (QED) is 0.177. The molecular formula is C42H28N6. The van der Waals surface area contributed by atoms with E-state index in [1.807, 2.05) is 67.4 Å². The van der Waals surface area contributed by atoms with Crippen molar-refractivity contribution in [1.29, 1.82) is 0 Å². The van der Waals surface area contributed by atoms with Gasteiger partial charge in [0.1, 0.15) is 0 Å². The van der Waals surface area contributed by atoms with Crippen molar-refractivity contribution in [2.75, 3.05) is 0 Å². The molecule has 2 aromatic carbocycles. The fraction of sp³-hybridized carbons (Fsp3) is 0. The molecular weight excluding hydrogens is 589 g/mol. The lowest BCUT2D eigenvalue weighted by molar-refractivity contribution is 1.28. The second-order valence-corrected chi connectivity index (χ2v) is 11.4. The lowest BCUT2D eigenvalue weighted by atomic mass is 9.92. The van der Waals surface area contributed by atoms with E-state index in [0.29, 0.717) is 0 Å². The van der Waals surface area contributed by atoms with Gasteiger partial charge in [0, 0.05) is 95.3 Å². The van der Waals surface area contributed by atoms with Gasteiger partial charge in [0.2, 0.25) is 0 Å². The summed E-state index contributed by atoms with van der Waals surface area (Å²) in [5, 5.41) is 0. The minimum absolute atomic E-state index is 0.833. The predicted octanol–water partition coefficient (Wildman–Crippen LogP) is 9.73. The molecule has 8 rings (SSSR count). The zero-order valence-corrected chi connectivity index (χ0v) is 25.8. The van der Waals surface area contributed by atoms with Gasteiger partial charge in [-0.25, -0.2) is 4.98 Å². The zero-order valence-electron chi connectivity index (χ0n) is 25.8. The van der Waals surface area contributed by atoms with Gasteiger partial charge in [-0.1, -0.05) is 24.3 Å². The van der Waals surface area contributed by atoms with Crippen LogP contribution in [0.3, 0.4) is 0 Å². The number of benzene rings is 2. The molecule has 8 aromatic rings. The van der Waals surface area contributed by atoms with Gasteiger partial charge in [0.05, 0.1) is 11.4 Å². The summed E-state index contributed by atoms with van der Waals surface area (Å²) >= 11 is 0. The van der Waals surface area contributed by atoms with Crippen molar-refractivity contribution in [2.24, 2.45) is 0 Å². The summed E-state index contributed by atoms with van der Waals surface area (Å²) in [6.45, 7) is 0. The molecule has 0 radical (unpaired) electrons. The van der Waals surface area contributed by atoms with Crippen LogP contribution in [-0.2, 0) is 0 Å². The number of nitrogens with zero attached hydrogens (tertiary/aromatic N) is 6. The number of rotatable bonds is 7. The van der Waals surface area contributed by atoms with Crippen molar-refractivity contribution in [2.45, 2.75) is 0 Å². The minimum Gasteiger partial charge on any atom is -0.264 e. The Hall–Kier alpha value is -6.66. The molecule has 0 amide bonds. The molecule has 0 bridgehead atoms. The van der Waals surface area contributed by atoms with E-state index >= 15 is 0 Å². The maximum atomic E-state index is 5.24. The second kappa shape index (κ2) is 13.0. The maximum Gasteiger partial charge on any atom is 0.0731 e. The van der Waals surface area contributed by atoms with Crippen LogP contribution in [0.25, 0.3) is 78.1 Å². The molecule has 0 atom stereocenters. The number of aromatic nitrogens is 6. The van der Waals surface area contributed by atoms with Crippen molar-refractivity contribution in [3.8, 4) is 78.1 Å². The molecule has 6 aromatic heterocycles. The van der Waals surface area contributed by atoms with Crippen LogP contribution in [0, 0.1) is 0 Å². The molecule has 0 fully saturated rings. The highest BCUT2D eigenvalue weighted by molar-refractivity contribution is 5.86. The van der Waals surface area contributed by atoms with E-state index in [2.05, 4.69) is 97.7 Å². The molecule has 6 heterocycles. The van der Waals surface area contributed by atoms with Gasteiger partial charge in [0.25, 0.3) is 0 Å². The summed E-state index contributed by atoms with van der Waals surface area (Å²) in [6, 6.07) is 37.6. The van der Waals surface area contributed by atoms with E-state index in [9.17, 15) is 0 Å². The van der Waals surface area contributed by atoms with Crippen LogP contribution in [0.1, 0.15) is 0 Å². The minimum atomic E-state index is 0.833. The first-order chi connectivity index (χ1) is 23.8. The monoisotopic (exact) mass is 616 g/mol. The molecule has 0 aliphatic heterocycles. The summed E-state index contributed by atoms with van der Waals surface area (Å²) in [5.74, 6) is 0. The number of hydrogen-bond acceptors (Lipinski definition) is 6. The van der Waals surface area contributed by atoms with Gasteiger partial charge in [-0.15, -0.1) is 0 Å². The lowest BCUT2D eigenvalue weighted by Gasteiger charge is -2.15. The van der Waals surface area contributed by atoms with Gasteiger partial charge in [0.15, 0.2) is 0 Å². The Bertz CT molecular complexity index is 2050. The fourth-order valence-corrected chi connectivity index (χ4v) is 5.88. The maximum absolute atomic E-state index is 5.24. The number of hydrogen-bond donors (Lipinski definition) is 0. The summed E-state index contributed by atoms with van der Waals surface area (Å²) in [5.41, 5.74) is 14.0. The van der Waals surface area contributed by atoms with Crippen molar-refractivity contribution in [3.63, 3.8) is 0 Å². The highest BCUT2D eigenvalue weighted by atomic mass is 14.7. The van der Waals surface area contributed by atoms with Crippen LogP contribution in [0.2, 0.25) is 0 Å². The third-order valence-electron chi connectivity index (χ3n) is 8.26. The fourth-order valence-electron chi connectivity index (χ4n) is 5.88. The zero-order chi connectivity index (χ0) is 32.1. The Balaban J connectivity index is 1.36. The Labute approximate surface area is 278 Å². The highest BCUT2D eigenvalue weighted by Gasteiger charge is 2.15. The first kappa shape index (κ1) is 28.8. The van der Waals surface area contributed by atoms with Gasteiger partial charge >= 0.3 is 0 Å². The standard InChI is InChI=1S/C42H28N6/c1-6-29(24-43-11-1)34-16-35(30-7-2-12-44-25-30)19-38(18-34)39-22-41(33-10-5-15-47-28-33)48-42(23-39)40-20-36(31-8-3-13-45-26-31)17-37(21-40)32-9-4-14-46-27-32/h1-28H. The normalized spacial score (nSPS) is 10.9. The van der Waals surface area contributed by atoms with Crippen LogP contribution < -0.4 is 0 Å². The van der Waals surface area contributed by atoms with Gasteiger partial charge in [-0.3, -0.25) is 24.9 Å². The van der Waals surface area contributed by atoms with Gasteiger partial charge in [-0.2, -0.15) is 0 Å². The van der Waals surface area contributed by atoms with Gasteiger partial charge in [-0.05, 0) is 118 Å². The van der Waals surface area contributed by atoms with Crippen LogP contribution in [0.5, 0.6) is 0 Å². The van der Waals surface area contributed by atoms with Crippen molar-refractivity contribution >= 4 is 0 Å². The summed E-state index contributed by atoms with van der Waals surface area (Å²) < 4.78 is 0. The average molecular weight is 617 g/mol. The molecule has 0 aliphatic carbocycles. The Kier molecular flexibility index (Phi) is 7.79. The van der Waals surface area contributed by atoms with Crippen molar-refractivity contribution in [1.82, 2.24) is 29.9 Å². The first-order valence-electron chi connectivity index (χ1n) is 15.6. The molecule has 0 unspecified atom stereocenters. The third-order valence-corrected chi connectivity index (χ3v) is 8.26. The molecule has 48 heavy (non-hydrogen) atoms. The Morgan fingerprint density at radius 1 is 0.250 bits per heavy atom. The molecule has 0 N–H and O–H groups in total. The first-order valence-corrected chi connectivity index (χ1v) is 15.6. The molecule has 0 saturated carbocycles. The van der Waals surface area contributed by atoms with Crippen LogP contribution in [-0.4, -0.2) is 29.9 Å². The van der Waals surface area contributed by atoms with E-state index in [4.69, 9.17) is 4.98 Å². The molecule has 0 spiro atoms. The third kappa shape index (κ3) is 6.10. The smallest absolute Gasteiger partial charge is 0.0731 e. The van der Waals surface area contributed by atoms with E-state index < -0.39 is 0 Å². The van der Waals surface area contributed by atoms with Crippen LogP contribution >= 0.6 is 0 Å². The Morgan fingerprint density at radius 3 is 0.854 bits per heavy atom. The highest BCUT2D eigenvalue weighted by Crippen LogP contribution is 2.37. The molecule has 6 nitrogen and oxygen atoms in total. The summed E-state index contributed by atoms with van der Waals surface area (Å²) in [7, 11) is 0. The van der Waals surface area contributed by atoms with Crippen LogP contribution in [0.15, 0.2) is 171 Å². The van der Waals surface area contributed by atoms with Gasteiger partial charge < -0.3 is 0 Å². The van der Waals surface area contributed by atoms with E-state index in [1.165, 1.54) is 0 Å². The van der Waals surface area contributed by atoms with Crippen molar-refractivity contribution < 1.29 is 0 Å². The van der Waals surface area contributed by atoms with E-state index in [0.717, 1.165) is 78.1 Å². The molecule has 0 aliphatic rings. The topological polar surface area (TPSA) is 77.3 Å². The van der Waals surface area contributed by atoms with E-state index in [1.54, 1.807) is 31.0 Å². The average Bonchev–Trinajstić information content (AvgIpc) is 3.19. The summed E-state index contributed by atoms with van der Waals surface area (Å²) in [6.07, 6.45) is 18.4. The SMILES string of the molecule is c1cncc(-c2cc(-c3cccnc3)cc(-c3cc(-c4cccnc4)nc(-c4cc(-c5cccnc5)cc(-c5cccnc5)c4)c3)c2)c1. The second-order valence-electron chi connectivity index (χ2n) is 11.4. The van der Waals surface area contributed by atoms with Crippen molar-refractivity contribution in [3.05, 3.63) is 171 Å². The lowest BCUT2D eigenvalue weighted by Crippen LogP contribution is -1.94. The molecule has 0 saturated heterocycles. The molecule has 6 heteroatoms.